The highest BCUT2D eigenvalue weighted by Crippen LogP contribution is 2.03. The second kappa shape index (κ2) is 7.10. The van der Waals surface area contributed by atoms with Crippen molar-refractivity contribution in [2.45, 2.75) is 38.6 Å². The first-order valence-electron chi connectivity index (χ1n) is 4.51. The number of hydrogen-bond donors (Lipinski definition) is 1. The predicted molar refractivity (Wildman–Crippen MR) is 49.0 cm³/mol. The molecule has 0 aliphatic carbocycles. The van der Waals surface area contributed by atoms with Gasteiger partial charge in [-0.2, -0.15) is 0 Å². The molecule has 0 amide bonds. The van der Waals surface area contributed by atoms with E-state index >= 15 is 0 Å². The van der Waals surface area contributed by atoms with Crippen LogP contribution in [0, 0.1) is 0 Å². The van der Waals surface area contributed by atoms with Gasteiger partial charge >= 0.3 is 5.97 Å². The zero-order valence-electron chi connectivity index (χ0n) is 8.22. The zero-order valence-corrected chi connectivity index (χ0v) is 8.22. The molecule has 12 heavy (non-hydrogen) atoms. The Bertz CT molecular complexity index is 126. The molecular weight excluding hydrogens is 154 g/mol. The molecule has 3 heteroatoms. The van der Waals surface area contributed by atoms with Crippen molar-refractivity contribution in [3.05, 3.63) is 0 Å². The number of likely N-dealkylation sites (N-methyl/N-ethyl adjacent to an activating group) is 1. The van der Waals surface area contributed by atoms with Crippen molar-refractivity contribution in [3.8, 4) is 0 Å². The van der Waals surface area contributed by atoms with Crippen LogP contribution in [-0.2, 0) is 9.53 Å². The Morgan fingerprint density at radius 3 is 2.58 bits per heavy atom. The maximum absolute atomic E-state index is 11.1. The topological polar surface area (TPSA) is 38.3 Å². The molecule has 0 saturated carbocycles. The summed E-state index contributed by atoms with van der Waals surface area (Å²) in [5, 5.41) is 2.94. The molecular formula is C9H19NO2. The second-order valence-corrected chi connectivity index (χ2v) is 2.86. The summed E-state index contributed by atoms with van der Waals surface area (Å²) < 4.78 is 4.63. The molecule has 0 fully saturated rings. The summed E-state index contributed by atoms with van der Waals surface area (Å²) in [6, 6.07) is -0.124. The van der Waals surface area contributed by atoms with Crippen LogP contribution in [0.25, 0.3) is 0 Å². The van der Waals surface area contributed by atoms with Crippen LogP contribution in [-0.4, -0.2) is 26.2 Å². The summed E-state index contributed by atoms with van der Waals surface area (Å²) in [7, 11) is 3.21. The predicted octanol–water partition coefficient (Wildman–Crippen LogP) is 1.33. The van der Waals surface area contributed by atoms with Gasteiger partial charge in [0.1, 0.15) is 6.04 Å². The normalized spacial score (nSPS) is 12.6. The fraction of sp³-hybridized carbons (Fsp3) is 0.889. The molecule has 0 aromatic rings. The van der Waals surface area contributed by atoms with Crippen LogP contribution in [0.5, 0.6) is 0 Å². The van der Waals surface area contributed by atoms with Crippen molar-refractivity contribution in [2.24, 2.45) is 0 Å². The quantitative estimate of drug-likeness (QED) is 0.486. The highest BCUT2D eigenvalue weighted by atomic mass is 16.5. The Labute approximate surface area is 74.5 Å². The maximum atomic E-state index is 11.1. The van der Waals surface area contributed by atoms with E-state index in [2.05, 4.69) is 17.0 Å². The molecule has 72 valence electrons. The van der Waals surface area contributed by atoms with Crippen LogP contribution in [0.15, 0.2) is 0 Å². The van der Waals surface area contributed by atoms with Gasteiger partial charge in [0.2, 0.25) is 0 Å². The lowest BCUT2D eigenvalue weighted by molar-refractivity contribution is -0.143. The molecule has 0 rings (SSSR count). The minimum absolute atomic E-state index is 0.124. The molecule has 0 radical (unpaired) electrons. The second-order valence-electron chi connectivity index (χ2n) is 2.86. The van der Waals surface area contributed by atoms with Crippen LogP contribution in [0.3, 0.4) is 0 Å². The van der Waals surface area contributed by atoms with Crippen molar-refractivity contribution in [2.75, 3.05) is 14.2 Å². The minimum Gasteiger partial charge on any atom is -0.468 e. The molecule has 0 unspecified atom stereocenters. The monoisotopic (exact) mass is 173 g/mol. The van der Waals surface area contributed by atoms with Gasteiger partial charge in [-0.15, -0.1) is 0 Å². The van der Waals surface area contributed by atoms with Gasteiger partial charge in [-0.1, -0.05) is 26.2 Å². The largest absolute Gasteiger partial charge is 0.468 e. The van der Waals surface area contributed by atoms with E-state index in [0.717, 1.165) is 12.8 Å². The van der Waals surface area contributed by atoms with Gasteiger partial charge in [-0.25, -0.2) is 0 Å². The Balaban J connectivity index is 3.60. The number of esters is 1. The van der Waals surface area contributed by atoms with E-state index in [9.17, 15) is 4.79 Å². The third-order valence-electron chi connectivity index (χ3n) is 1.93. The molecule has 1 N–H and O–H groups in total. The highest BCUT2D eigenvalue weighted by molar-refractivity contribution is 5.75. The minimum atomic E-state index is -0.159. The first-order chi connectivity index (χ1) is 5.76. The molecule has 0 aliphatic rings. The number of carbonyl (C=O) groups is 1. The molecule has 0 spiro atoms. The van der Waals surface area contributed by atoms with Crippen molar-refractivity contribution in [3.63, 3.8) is 0 Å². The third kappa shape index (κ3) is 4.34. The smallest absolute Gasteiger partial charge is 0.322 e. The number of carbonyl (C=O) groups excluding carboxylic acids is 1. The Morgan fingerprint density at radius 1 is 1.50 bits per heavy atom. The first-order valence-corrected chi connectivity index (χ1v) is 4.51. The van der Waals surface area contributed by atoms with Gasteiger partial charge in [0.05, 0.1) is 7.11 Å². The maximum Gasteiger partial charge on any atom is 0.322 e. The van der Waals surface area contributed by atoms with Crippen molar-refractivity contribution in [1.82, 2.24) is 5.32 Å². The van der Waals surface area contributed by atoms with Crippen LogP contribution in [0.2, 0.25) is 0 Å². The van der Waals surface area contributed by atoms with Crippen LogP contribution >= 0.6 is 0 Å². The van der Waals surface area contributed by atoms with Crippen molar-refractivity contribution in [1.29, 1.82) is 0 Å². The number of ether oxygens (including phenoxy) is 1. The van der Waals surface area contributed by atoms with E-state index in [1.54, 1.807) is 7.05 Å². The van der Waals surface area contributed by atoms with E-state index in [1.807, 2.05) is 0 Å². The standard InChI is InChI=1S/C9H19NO2/c1-4-5-6-7-8(10-2)9(11)12-3/h8,10H,4-7H2,1-3H3/t8-/m0/s1. The molecule has 3 nitrogen and oxygen atoms in total. The third-order valence-corrected chi connectivity index (χ3v) is 1.93. The SMILES string of the molecule is CCCCC[C@H](NC)C(=O)OC. The average Bonchev–Trinajstić information content (AvgIpc) is 2.11. The van der Waals surface area contributed by atoms with E-state index in [4.69, 9.17) is 0 Å². The van der Waals surface area contributed by atoms with Crippen molar-refractivity contribution < 1.29 is 9.53 Å². The summed E-state index contributed by atoms with van der Waals surface area (Å²) in [5.41, 5.74) is 0. The van der Waals surface area contributed by atoms with Crippen LogP contribution in [0.1, 0.15) is 32.6 Å². The Kier molecular flexibility index (Phi) is 6.76. The summed E-state index contributed by atoms with van der Waals surface area (Å²) in [4.78, 5) is 11.1. The molecule has 0 aliphatic heterocycles. The molecule has 0 heterocycles. The Hall–Kier alpha value is -0.570. The fourth-order valence-corrected chi connectivity index (χ4v) is 1.12. The number of methoxy groups -OCH3 is 1. The van der Waals surface area contributed by atoms with Gasteiger partial charge in [-0.3, -0.25) is 4.79 Å². The van der Waals surface area contributed by atoms with E-state index in [-0.39, 0.29) is 12.0 Å². The highest BCUT2D eigenvalue weighted by Gasteiger charge is 2.15. The van der Waals surface area contributed by atoms with E-state index < -0.39 is 0 Å². The summed E-state index contributed by atoms with van der Waals surface area (Å²) in [5.74, 6) is -0.159. The zero-order chi connectivity index (χ0) is 9.40. The number of hydrogen-bond acceptors (Lipinski definition) is 3. The van der Waals surface area contributed by atoms with Gasteiger partial charge < -0.3 is 10.1 Å². The fourth-order valence-electron chi connectivity index (χ4n) is 1.12. The summed E-state index contributed by atoms with van der Waals surface area (Å²) in [6.45, 7) is 2.15. The summed E-state index contributed by atoms with van der Waals surface area (Å²) in [6.07, 6.45) is 4.31. The van der Waals surface area contributed by atoms with Gasteiger partial charge in [0, 0.05) is 0 Å². The van der Waals surface area contributed by atoms with Gasteiger partial charge in [0.15, 0.2) is 0 Å². The molecule has 0 aromatic heterocycles. The lowest BCUT2D eigenvalue weighted by Crippen LogP contribution is -2.34. The molecule has 1 atom stereocenters. The lowest BCUT2D eigenvalue weighted by atomic mass is 10.1. The average molecular weight is 173 g/mol. The first kappa shape index (κ1) is 11.4. The number of rotatable bonds is 6. The van der Waals surface area contributed by atoms with Crippen LogP contribution in [0.4, 0.5) is 0 Å². The molecule has 0 aromatic carbocycles. The molecule has 0 saturated heterocycles. The van der Waals surface area contributed by atoms with Gasteiger partial charge in [0.25, 0.3) is 0 Å². The number of unbranched alkanes of at least 4 members (excludes halogenated alkanes) is 2. The summed E-state index contributed by atoms with van der Waals surface area (Å²) >= 11 is 0. The number of nitrogens with one attached hydrogen (secondary N) is 1. The van der Waals surface area contributed by atoms with Crippen molar-refractivity contribution >= 4 is 5.97 Å². The molecule has 0 bridgehead atoms. The van der Waals surface area contributed by atoms with Gasteiger partial charge in [-0.05, 0) is 13.5 Å². The van der Waals surface area contributed by atoms with E-state index in [1.165, 1.54) is 20.0 Å². The van der Waals surface area contributed by atoms with Crippen LogP contribution < -0.4 is 5.32 Å². The Morgan fingerprint density at radius 2 is 2.17 bits per heavy atom. The van der Waals surface area contributed by atoms with E-state index in [0.29, 0.717) is 0 Å². The lowest BCUT2D eigenvalue weighted by Gasteiger charge is -2.12.